The van der Waals surface area contributed by atoms with Crippen molar-refractivity contribution in [3.63, 3.8) is 0 Å². The van der Waals surface area contributed by atoms with E-state index in [0.717, 1.165) is 6.54 Å². The highest BCUT2D eigenvalue weighted by molar-refractivity contribution is 8.00. The van der Waals surface area contributed by atoms with Crippen LogP contribution in [0.5, 0.6) is 0 Å². The molecule has 1 saturated heterocycles. The van der Waals surface area contributed by atoms with Crippen molar-refractivity contribution in [1.29, 1.82) is 0 Å². The second kappa shape index (κ2) is 3.69. The molecule has 82 valence electrons. The summed E-state index contributed by atoms with van der Waals surface area (Å²) in [6.45, 7) is 8.08. The highest BCUT2D eigenvalue weighted by Crippen LogP contribution is 2.43. The van der Waals surface area contributed by atoms with Gasteiger partial charge >= 0.3 is 0 Å². The van der Waals surface area contributed by atoms with Crippen LogP contribution in [0.1, 0.15) is 33.1 Å². The van der Waals surface area contributed by atoms with E-state index in [1.54, 1.807) is 0 Å². The predicted octanol–water partition coefficient (Wildman–Crippen LogP) is 1.70. The van der Waals surface area contributed by atoms with Gasteiger partial charge in [-0.2, -0.15) is 11.8 Å². The van der Waals surface area contributed by atoms with E-state index in [1.807, 2.05) is 0 Å². The Morgan fingerprint density at radius 3 is 2.50 bits per heavy atom. The molecule has 1 heterocycles. The molecule has 14 heavy (non-hydrogen) atoms. The normalized spacial score (nSPS) is 31.1. The maximum Gasteiger partial charge on any atom is 0.0333 e. The van der Waals surface area contributed by atoms with E-state index in [1.165, 1.54) is 38.1 Å². The first kappa shape index (κ1) is 10.8. The van der Waals surface area contributed by atoms with Gasteiger partial charge in [0.2, 0.25) is 0 Å². The monoisotopic (exact) mass is 214 g/mol. The van der Waals surface area contributed by atoms with Gasteiger partial charge in [-0.15, -0.1) is 0 Å². The summed E-state index contributed by atoms with van der Waals surface area (Å²) < 4.78 is 0.472. The third-order valence-electron chi connectivity index (χ3n) is 3.72. The highest BCUT2D eigenvalue weighted by Gasteiger charge is 2.47. The van der Waals surface area contributed by atoms with Gasteiger partial charge in [0, 0.05) is 35.7 Å². The van der Waals surface area contributed by atoms with Gasteiger partial charge in [-0.05, 0) is 19.3 Å². The first-order valence-corrected chi connectivity index (χ1v) is 6.66. The smallest absolute Gasteiger partial charge is 0.0333 e. The first-order valence-electron chi connectivity index (χ1n) is 5.67. The van der Waals surface area contributed by atoms with E-state index >= 15 is 0 Å². The van der Waals surface area contributed by atoms with Gasteiger partial charge in [0.25, 0.3) is 0 Å². The molecular formula is C11H22N2S. The third-order valence-corrected chi connectivity index (χ3v) is 5.09. The van der Waals surface area contributed by atoms with E-state index in [-0.39, 0.29) is 0 Å². The molecule has 2 rings (SSSR count). The fourth-order valence-corrected chi connectivity index (χ4v) is 3.39. The van der Waals surface area contributed by atoms with Crippen LogP contribution in [0, 0.1) is 0 Å². The molecule has 0 aromatic rings. The average molecular weight is 214 g/mol. The van der Waals surface area contributed by atoms with Crippen LogP contribution in [0.3, 0.4) is 0 Å². The molecule has 0 aromatic heterocycles. The molecule has 0 aromatic carbocycles. The molecule has 2 fully saturated rings. The third kappa shape index (κ3) is 2.10. The summed E-state index contributed by atoms with van der Waals surface area (Å²) in [5.41, 5.74) is 6.29. The number of hydrogen-bond acceptors (Lipinski definition) is 3. The second-order valence-electron chi connectivity index (χ2n) is 5.27. The lowest BCUT2D eigenvalue weighted by Gasteiger charge is -2.30. The lowest BCUT2D eigenvalue weighted by Crippen LogP contribution is -2.44. The zero-order valence-corrected chi connectivity index (χ0v) is 10.2. The molecule has 0 bridgehead atoms. The molecular weight excluding hydrogens is 192 g/mol. The molecule has 3 heteroatoms. The Balaban J connectivity index is 1.96. The van der Waals surface area contributed by atoms with E-state index in [0.29, 0.717) is 10.3 Å². The van der Waals surface area contributed by atoms with Crippen molar-refractivity contribution in [3.05, 3.63) is 0 Å². The van der Waals surface area contributed by atoms with Crippen LogP contribution in [0.15, 0.2) is 0 Å². The lowest BCUT2D eigenvalue weighted by molar-refractivity contribution is 0.190. The number of nitrogens with two attached hydrogens (primary N) is 1. The Kier molecular flexibility index (Phi) is 2.84. The summed E-state index contributed by atoms with van der Waals surface area (Å²) in [6, 6.07) is 0. The van der Waals surface area contributed by atoms with Crippen LogP contribution in [0.4, 0.5) is 0 Å². The predicted molar refractivity (Wildman–Crippen MR) is 63.7 cm³/mol. The molecule has 0 radical (unpaired) electrons. The van der Waals surface area contributed by atoms with Crippen molar-refractivity contribution in [2.45, 2.75) is 43.4 Å². The quantitative estimate of drug-likeness (QED) is 0.758. The van der Waals surface area contributed by atoms with Crippen LogP contribution >= 0.6 is 11.8 Å². The van der Waals surface area contributed by atoms with E-state index in [9.17, 15) is 0 Å². The molecule has 0 amide bonds. The summed E-state index contributed by atoms with van der Waals surface area (Å²) in [5.74, 6) is 1.27. The zero-order chi connectivity index (χ0) is 10.2. The van der Waals surface area contributed by atoms with Gasteiger partial charge in [-0.3, -0.25) is 4.90 Å². The van der Waals surface area contributed by atoms with Gasteiger partial charge in [-0.1, -0.05) is 13.8 Å². The minimum absolute atomic E-state index is 0.418. The van der Waals surface area contributed by atoms with Crippen molar-refractivity contribution in [1.82, 2.24) is 4.90 Å². The maximum absolute atomic E-state index is 5.87. The highest BCUT2D eigenvalue weighted by atomic mass is 32.2. The fourth-order valence-electron chi connectivity index (χ4n) is 2.29. The SMILES string of the molecule is CC1(C)CCN(C2(CN)CC2)CCS1. The van der Waals surface area contributed by atoms with Crippen LogP contribution in [0.25, 0.3) is 0 Å². The number of hydrogen-bond donors (Lipinski definition) is 1. The Morgan fingerprint density at radius 2 is 1.93 bits per heavy atom. The van der Waals surface area contributed by atoms with E-state index < -0.39 is 0 Å². The number of thioether (sulfide) groups is 1. The van der Waals surface area contributed by atoms with Crippen molar-refractivity contribution in [2.24, 2.45) is 5.73 Å². The van der Waals surface area contributed by atoms with E-state index in [2.05, 4.69) is 30.5 Å². The van der Waals surface area contributed by atoms with Crippen molar-refractivity contribution in [3.8, 4) is 0 Å². The Hall–Kier alpha value is 0.270. The van der Waals surface area contributed by atoms with Gasteiger partial charge < -0.3 is 5.73 Å². The molecule has 2 N–H and O–H groups in total. The second-order valence-corrected chi connectivity index (χ2v) is 7.08. The van der Waals surface area contributed by atoms with E-state index in [4.69, 9.17) is 5.73 Å². The Labute approximate surface area is 91.6 Å². The zero-order valence-electron chi connectivity index (χ0n) is 9.38. The molecule has 0 unspecified atom stereocenters. The Bertz CT molecular complexity index is 211. The molecule has 0 spiro atoms. The molecule has 1 saturated carbocycles. The summed E-state index contributed by atoms with van der Waals surface area (Å²) >= 11 is 2.12. The topological polar surface area (TPSA) is 29.3 Å². The average Bonchev–Trinajstić information content (AvgIpc) is 2.90. The summed E-state index contributed by atoms with van der Waals surface area (Å²) in [6.07, 6.45) is 3.96. The largest absolute Gasteiger partial charge is 0.329 e. The minimum Gasteiger partial charge on any atom is -0.329 e. The van der Waals surface area contributed by atoms with Gasteiger partial charge in [0.1, 0.15) is 0 Å². The van der Waals surface area contributed by atoms with Crippen LogP contribution in [-0.2, 0) is 0 Å². The first-order chi connectivity index (χ1) is 6.58. The molecule has 1 aliphatic carbocycles. The maximum atomic E-state index is 5.87. The van der Waals surface area contributed by atoms with Crippen LogP contribution in [-0.4, -0.2) is 40.6 Å². The molecule has 1 aliphatic heterocycles. The molecule has 2 nitrogen and oxygen atoms in total. The number of rotatable bonds is 2. The molecule has 0 atom stereocenters. The summed E-state index contributed by atoms with van der Waals surface area (Å²) in [4.78, 5) is 2.65. The standard InChI is InChI=1S/C11H22N2S/c1-10(2)5-6-13(7-8-14-10)11(9-12)3-4-11/h3-9,12H2,1-2H3. The Morgan fingerprint density at radius 1 is 1.21 bits per heavy atom. The van der Waals surface area contributed by atoms with Gasteiger partial charge in [0.15, 0.2) is 0 Å². The van der Waals surface area contributed by atoms with Crippen molar-refractivity contribution in [2.75, 3.05) is 25.4 Å². The number of nitrogens with zero attached hydrogens (tertiary/aromatic N) is 1. The van der Waals surface area contributed by atoms with Crippen LogP contribution < -0.4 is 5.73 Å². The van der Waals surface area contributed by atoms with Gasteiger partial charge in [0.05, 0.1) is 0 Å². The fraction of sp³-hybridized carbons (Fsp3) is 1.00. The van der Waals surface area contributed by atoms with Crippen molar-refractivity contribution < 1.29 is 0 Å². The lowest BCUT2D eigenvalue weighted by atomic mass is 10.1. The summed E-state index contributed by atoms with van der Waals surface area (Å²) in [7, 11) is 0. The summed E-state index contributed by atoms with van der Waals surface area (Å²) in [5, 5.41) is 0. The van der Waals surface area contributed by atoms with Crippen LogP contribution in [0.2, 0.25) is 0 Å². The minimum atomic E-state index is 0.418. The molecule has 2 aliphatic rings. The van der Waals surface area contributed by atoms with Crippen molar-refractivity contribution >= 4 is 11.8 Å². The van der Waals surface area contributed by atoms with Gasteiger partial charge in [-0.25, -0.2) is 0 Å².